The molecule has 3 rings (SSSR count). The summed E-state index contributed by atoms with van der Waals surface area (Å²) in [6.07, 6.45) is 3.45. The summed E-state index contributed by atoms with van der Waals surface area (Å²) >= 11 is 0. The van der Waals surface area contributed by atoms with Crippen LogP contribution in [0.1, 0.15) is 27.0 Å². The van der Waals surface area contributed by atoms with Crippen LogP contribution in [0.15, 0.2) is 54.9 Å². The molecule has 0 saturated heterocycles. The standard InChI is InChI=1S/C21H19FN2O2/c1-13-3-5-18(9-20(13)22)26-12-15-8-17(11-24-10-15)16-4-6-19(21(23)25)14(2)7-16/h3-11H,12H2,1-2H3,(H2,23,25). The first-order valence-corrected chi connectivity index (χ1v) is 8.18. The van der Waals surface area contributed by atoms with E-state index in [0.29, 0.717) is 16.9 Å². The van der Waals surface area contributed by atoms with Crippen LogP contribution in [0.25, 0.3) is 11.1 Å². The Kier molecular flexibility index (Phi) is 4.98. The third kappa shape index (κ3) is 3.88. The van der Waals surface area contributed by atoms with Crippen molar-refractivity contribution in [1.82, 2.24) is 4.98 Å². The van der Waals surface area contributed by atoms with Gasteiger partial charge < -0.3 is 10.5 Å². The third-order valence-corrected chi connectivity index (χ3v) is 4.17. The minimum Gasteiger partial charge on any atom is -0.489 e. The molecule has 132 valence electrons. The van der Waals surface area contributed by atoms with Gasteiger partial charge in [0.15, 0.2) is 0 Å². The van der Waals surface area contributed by atoms with Crippen molar-refractivity contribution in [3.05, 3.63) is 82.9 Å². The number of carbonyl (C=O) groups is 1. The molecule has 0 saturated carbocycles. The summed E-state index contributed by atoms with van der Waals surface area (Å²) in [5, 5.41) is 0. The van der Waals surface area contributed by atoms with Crippen LogP contribution in [0, 0.1) is 19.7 Å². The van der Waals surface area contributed by atoms with Gasteiger partial charge in [0, 0.05) is 35.2 Å². The fourth-order valence-corrected chi connectivity index (χ4v) is 2.67. The van der Waals surface area contributed by atoms with E-state index in [4.69, 9.17) is 10.5 Å². The van der Waals surface area contributed by atoms with Crippen molar-refractivity contribution in [1.29, 1.82) is 0 Å². The Morgan fingerprint density at radius 1 is 1.04 bits per heavy atom. The maximum Gasteiger partial charge on any atom is 0.248 e. The summed E-state index contributed by atoms with van der Waals surface area (Å²) < 4.78 is 19.2. The predicted molar refractivity (Wildman–Crippen MR) is 98.4 cm³/mol. The van der Waals surface area contributed by atoms with Gasteiger partial charge in [0.25, 0.3) is 0 Å². The molecular weight excluding hydrogens is 331 g/mol. The van der Waals surface area contributed by atoms with Crippen molar-refractivity contribution in [3.63, 3.8) is 0 Å². The number of aromatic nitrogens is 1. The van der Waals surface area contributed by atoms with Crippen LogP contribution < -0.4 is 10.5 Å². The van der Waals surface area contributed by atoms with E-state index in [9.17, 15) is 9.18 Å². The van der Waals surface area contributed by atoms with Crippen molar-refractivity contribution in [3.8, 4) is 16.9 Å². The first kappa shape index (κ1) is 17.6. The fourth-order valence-electron chi connectivity index (χ4n) is 2.67. The Morgan fingerprint density at radius 2 is 1.85 bits per heavy atom. The summed E-state index contributed by atoms with van der Waals surface area (Å²) in [6, 6.07) is 12.2. The highest BCUT2D eigenvalue weighted by Crippen LogP contribution is 2.23. The van der Waals surface area contributed by atoms with Crippen LogP contribution in [0.2, 0.25) is 0 Å². The number of hydrogen-bond acceptors (Lipinski definition) is 3. The number of primary amides is 1. The number of aryl methyl sites for hydroxylation is 2. The van der Waals surface area contributed by atoms with E-state index in [2.05, 4.69) is 4.98 Å². The molecule has 0 fully saturated rings. The molecule has 0 spiro atoms. The first-order valence-electron chi connectivity index (χ1n) is 8.18. The Morgan fingerprint density at radius 3 is 2.54 bits per heavy atom. The van der Waals surface area contributed by atoms with Crippen LogP contribution in [0.3, 0.4) is 0 Å². The van der Waals surface area contributed by atoms with Gasteiger partial charge in [0.2, 0.25) is 5.91 Å². The van der Waals surface area contributed by atoms with E-state index in [1.807, 2.05) is 25.1 Å². The smallest absolute Gasteiger partial charge is 0.248 e. The number of hydrogen-bond donors (Lipinski definition) is 1. The Labute approximate surface area is 151 Å². The molecule has 26 heavy (non-hydrogen) atoms. The number of benzene rings is 2. The molecule has 5 heteroatoms. The number of carbonyl (C=O) groups excluding carboxylic acids is 1. The topological polar surface area (TPSA) is 65.2 Å². The van der Waals surface area contributed by atoms with E-state index < -0.39 is 5.91 Å². The lowest BCUT2D eigenvalue weighted by Gasteiger charge is -2.10. The van der Waals surface area contributed by atoms with E-state index in [0.717, 1.165) is 22.3 Å². The molecular formula is C21H19FN2O2. The minimum atomic E-state index is -0.445. The summed E-state index contributed by atoms with van der Waals surface area (Å²) in [4.78, 5) is 15.6. The zero-order valence-electron chi connectivity index (χ0n) is 14.6. The van der Waals surface area contributed by atoms with E-state index in [1.165, 1.54) is 6.07 Å². The largest absolute Gasteiger partial charge is 0.489 e. The van der Waals surface area contributed by atoms with Gasteiger partial charge in [-0.05, 0) is 48.7 Å². The van der Waals surface area contributed by atoms with Crippen LogP contribution in [-0.4, -0.2) is 10.9 Å². The molecule has 1 amide bonds. The lowest BCUT2D eigenvalue weighted by atomic mass is 10.00. The monoisotopic (exact) mass is 350 g/mol. The van der Waals surface area contributed by atoms with Crippen LogP contribution in [0.5, 0.6) is 5.75 Å². The molecule has 4 nitrogen and oxygen atoms in total. The number of nitrogens with two attached hydrogens (primary N) is 1. The van der Waals surface area contributed by atoms with Crippen molar-refractivity contribution in [2.45, 2.75) is 20.5 Å². The zero-order chi connectivity index (χ0) is 18.7. The highest BCUT2D eigenvalue weighted by atomic mass is 19.1. The maximum absolute atomic E-state index is 13.6. The lowest BCUT2D eigenvalue weighted by Crippen LogP contribution is -2.12. The summed E-state index contributed by atoms with van der Waals surface area (Å²) in [5.41, 5.74) is 9.94. The highest BCUT2D eigenvalue weighted by Gasteiger charge is 2.08. The van der Waals surface area contributed by atoms with E-state index in [1.54, 1.807) is 37.5 Å². The summed E-state index contributed by atoms with van der Waals surface area (Å²) in [7, 11) is 0. The quantitative estimate of drug-likeness (QED) is 0.751. The van der Waals surface area contributed by atoms with Gasteiger partial charge in [-0.2, -0.15) is 0 Å². The first-order chi connectivity index (χ1) is 12.4. The second kappa shape index (κ2) is 7.35. The number of amides is 1. The fraction of sp³-hybridized carbons (Fsp3) is 0.143. The van der Waals surface area contributed by atoms with Gasteiger partial charge in [-0.3, -0.25) is 9.78 Å². The minimum absolute atomic E-state index is 0.279. The molecule has 1 heterocycles. The van der Waals surface area contributed by atoms with Gasteiger partial charge in [0.05, 0.1) is 0 Å². The van der Waals surface area contributed by atoms with Crippen molar-refractivity contribution in [2.24, 2.45) is 5.73 Å². The summed E-state index contributed by atoms with van der Waals surface area (Å²) in [5.74, 6) is -0.265. The Balaban J connectivity index is 1.78. The average Bonchev–Trinajstić information content (AvgIpc) is 2.62. The van der Waals surface area contributed by atoms with Crippen LogP contribution in [-0.2, 0) is 6.61 Å². The van der Waals surface area contributed by atoms with Crippen molar-refractivity contribution >= 4 is 5.91 Å². The molecule has 0 radical (unpaired) electrons. The zero-order valence-corrected chi connectivity index (χ0v) is 14.6. The second-order valence-corrected chi connectivity index (χ2v) is 6.18. The normalized spacial score (nSPS) is 10.6. The van der Waals surface area contributed by atoms with Gasteiger partial charge in [-0.1, -0.05) is 18.2 Å². The van der Waals surface area contributed by atoms with Crippen molar-refractivity contribution < 1.29 is 13.9 Å². The molecule has 0 bridgehead atoms. The van der Waals surface area contributed by atoms with Crippen LogP contribution >= 0.6 is 0 Å². The van der Waals surface area contributed by atoms with Gasteiger partial charge >= 0.3 is 0 Å². The van der Waals surface area contributed by atoms with Gasteiger partial charge in [-0.25, -0.2) is 4.39 Å². The number of pyridine rings is 1. The average molecular weight is 350 g/mol. The highest BCUT2D eigenvalue weighted by molar-refractivity contribution is 5.94. The van der Waals surface area contributed by atoms with E-state index >= 15 is 0 Å². The number of ether oxygens (including phenoxy) is 1. The van der Waals surface area contributed by atoms with Gasteiger partial charge in [0.1, 0.15) is 18.2 Å². The molecule has 3 aromatic rings. The molecule has 1 aromatic heterocycles. The predicted octanol–water partition coefficient (Wildman–Crippen LogP) is 4.18. The SMILES string of the molecule is Cc1ccc(OCc2cncc(-c3ccc(C(N)=O)c(C)c3)c2)cc1F. The molecule has 2 aromatic carbocycles. The number of halogens is 1. The van der Waals surface area contributed by atoms with Crippen molar-refractivity contribution in [2.75, 3.05) is 0 Å². The molecule has 0 unspecified atom stereocenters. The lowest BCUT2D eigenvalue weighted by molar-refractivity contribution is 0.0999. The Hall–Kier alpha value is -3.21. The molecule has 0 aliphatic rings. The molecule has 0 aliphatic carbocycles. The third-order valence-electron chi connectivity index (χ3n) is 4.17. The molecule has 0 atom stereocenters. The van der Waals surface area contributed by atoms with E-state index in [-0.39, 0.29) is 12.4 Å². The maximum atomic E-state index is 13.6. The molecule has 2 N–H and O–H groups in total. The van der Waals surface area contributed by atoms with Crippen LogP contribution in [0.4, 0.5) is 4.39 Å². The molecule has 0 aliphatic heterocycles. The van der Waals surface area contributed by atoms with Gasteiger partial charge in [-0.15, -0.1) is 0 Å². The second-order valence-electron chi connectivity index (χ2n) is 6.18. The number of nitrogens with zero attached hydrogens (tertiary/aromatic N) is 1. The summed E-state index contributed by atoms with van der Waals surface area (Å²) in [6.45, 7) is 3.83. The number of rotatable bonds is 5. The Bertz CT molecular complexity index is 970.